The predicted octanol–water partition coefficient (Wildman–Crippen LogP) is 2.26. The average Bonchev–Trinajstić information content (AvgIpc) is 2.38. The molecular formula is C10H14N2S. The van der Waals surface area contributed by atoms with Crippen LogP contribution in [0, 0.1) is 5.92 Å². The van der Waals surface area contributed by atoms with Crippen molar-refractivity contribution in [3.8, 4) is 0 Å². The molecular weight excluding hydrogens is 180 g/mol. The van der Waals surface area contributed by atoms with Gasteiger partial charge in [0.15, 0.2) is 0 Å². The van der Waals surface area contributed by atoms with E-state index >= 15 is 0 Å². The first-order chi connectivity index (χ1) is 6.40. The van der Waals surface area contributed by atoms with Crippen LogP contribution in [0.15, 0.2) is 23.2 Å². The number of aromatic nitrogens is 1. The van der Waals surface area contributed by atoms with Crippen molar-refractivity contribution in [2.45, 2.75) is 24.7 Å². The number of nitrogens with one attached hydrogen (secondary N) is 1. The van der Waals surface area contributed by atoms with Crippen molar-refractivity contribution in [2.24, 2.45) is 5.92 Å². The van der Waals surface area contributed by atoms with E-state index in [1.165, 1.54) is 17.0 Å². The van der Waals surface area contributed by atoms with Crippen LogP contribution in [-0.4, -0.2) is 11.5 Å². The van der Waals surface area contributed by atoms with Gasteiger partial charge in [0.2, 0.25) is 0 Å². The molecule has 1 aromatic rings. The van der Waals surface area contributed by atoms with Crippen LogP contribution in [0.5, 0.6) is 0 Å². The Kier molecular flexibility index (Phi) is 2.86. The minimum atomic E-state index is 0.739. The van der Waals surface area contributed by atoms with Crippen molar-refractivity contribution in [1.82, 2.24) is 9.71 Å². The molecule has 0 saturated heterocycles. The second-order valence-electron chi connectivity index (χ2n) is 3.38. The Morgan fingerprint density at radius 3 is 3.46 bits per heavy atom. The van der Waals surface area contributed by atoms with Crippen LogP contribution in [0.4, 0.5) is 0 Å². The summed E-state index contributed by atoms with van der Waals surface area (Å²) in [5.74, 6) is 0.739. The molecule has 1 atom stereocenters. The maximum Gasteiger partial charge on any atom is 0.0555 e. The van der Waals surface area contributed by atoms with Gasteiger partial charge < -0.3 is 0 Å². The molecule has 0 amide bonds. The van der Waals surface area contributed by atoms with Gasteiger partial charge in [-0.25, -0.2) is 0 Å². The smallest absolute Gasteiger partial charge is 0.0555 e. The molecule has 0 fully saturated rings. The van der Waals surface area contributed by atoms with E-state index in [4.69, 9.17) is 0 Å². The molecule has 1 aromatic heterocycles. The van der Waals surface area contributed by atoms with E-state index in [1.54, 1.807) is 11.9 Å². The van der Waals surface area contributed by atoms with Gasteiger partial charge in [0.1, 0.15) is 0 Å². The summed E-state index contributed by atoms with van der Waals surface area (Å²) in [4.78, 5) is 5.71. The first kappa shape index (κ1) is 9.03. The normalized spacial score (nSPS) is 22.1. The Balaban J connectivity index is 2.23. The molecule has 2 nitrogen and oxygen atoms in total. The minimum absolute atomic E-state index is 0.739. The van der Waals surface area contributed by atoms with Crippen molar-refractivity contribution in [3.63, 3.8) is 0 Å². The van der Waals surface area contributed by atoms with E-state index in [9.17, 15) is 0 Å². The van der Waals surface area contributed by atoms with E-state index in [1.807, 2.05) is 12.3 Å². The van der Waals surface area contributed by atoms with Gasteiger partial charge in [0.05, 0.1) is 5.69 Å². The van der Waals surface area contributed by atoms with Crippen LogP contribution < -0.4 is 4.72 Å². The van der Waals surface area contributed by atoms with E-state index in [2.05, 4.69) is 22.7 Å². The van der Waals surface area contributed by atoms with Gasteiger partial charge in [0, 0.05) is 17.6 Å². The van der Waals surface area contributed by atoms with E-state index in [-0.39, 0.29) is 0 Å². The largest absolute Gasteiger partial charge is 0.260 e. The highest BCUT2D eigenvalue weighted by atomic mass is 32.2. The van der Waals surface area contributed by atoms with Crippen LogP contribution >= 0.6 is 11.9 Å². The average molecular weight is 194 g/mol. The Hall–Kier alpha value is -0.540. The number of pyridine rings is 1. The van der Waals surface area contributed by atoms with Gasteiger partial charge in [-0.1, -0.05) is 13.3 Å². The molecule has 3 heteroatoms. The lowest BCUT2D eigenvalue weighted by Gasteiger charge is -2.09. The second-order valence-corrected chi connectivity index (χ2v) is 4.31. The third-order valence-corrected chi connectivity index (χ3v) is 3.36. The number of nitrogens with zero attached hydrogens (tertiary/aromatic N) is 1. The van der Waals surface area contributed by atoms with Crippen LogP contribution in [0.1, 0.15) is 19.0 Å². The highest BCUT2D eigenvalue weighted by Crippen LogP contribution is 2.25. The summed E-state index contributed by atoms with van der Waals surface area (Å²) in [6, 6.07) is 4.14. The molecule has 0 spiro atoms. The molecule has 1 aliphatic heterocycles. The zero-order valence-electron chi connectivity index (χ0n) is 7.79. The Morgan fingerprint density at radius 2 is 2.62 bits per heavy atom. The fraction of sp³-hybridized carbons (Fsp3) is 0.500. The van der Waals surface area contributed by atoms with E-state index in [0.29, 0.717) is 0 Å². The van der Waals surface area contributed by atoms with Gasteiger partial charge in [-0.3, -0.25) is 9.71 Å². The van der Waals surface area contributed by atoms with Crippen molar-refractivity contribution >= 4 is 11.9 Å². The standard InChI is InChI=1S/C10H14N2S/c1-2-8-6-9-10(13-12-7-8)4-3-5-11-9/h3-5,8,12H,2,6-7H2,1H3. The zero-order chi connectivity index (χ0) is 9.10. The molecule has 2 rings (SSSR count). The van der Waals surface area contributed by atoms with Gasteiger partial charge in [-0.15, -0.1) is 0 Å². The minimum Gasteiger partial charge on any atom is -0.260 e. The van der Waals surface area contributed by atoms with Gasteiger partial charge in [-0.05, 0) is 36.4 Å². The van der Waals surface area contributed by atoms with Crippen molar-refractivity contribution in [3.05, 3.63) is 24.0 Å². The molecule has 2 heterocycles. The number of fused-ring (bicyclic) bond motifs is 1. The summed E-state index contributed by atoms with van der Waals surface area (Å²) in [6.07, 6.45) is 4.23. The first-order valence-corrected chi connectivity index (χ1v) is 5.55. The Bertz CT molecular complexity index is 288. The molecule has 70 valence electrons. The van der Waals surface area contributed by atoms with Gasteiger partial charge in [-0.2, -0.15) is 0 Å². The highest BCUT2D eigenvalue weighted by Gasteiger charge is 2.15. The first-order valence-electron chi connectivity index (χ1n) is 4.73. The highest BCUT2D eigenvalue weighted by molar-refractivity contribution is 7.97. The number of hydrogen-bond acceptors (Lipinski definition) is 3. The maximum absolute atomic E-state index is 4.42. The SMILES string of the molecule is CCC1CNSc2cccnc2C1. The van der Waals surface area contributed by atoms with Crippen molar-refractivity contribution in [2.75, 3.05) is 6.54 Å². The fourth-order valence-corrected chi connectivity index (χ4v) is 2.42. The van der Waals surface area contributed by atoms with Crippen LogP contribution in [0.3, 0.4) is 0 Å². The predicted molar refractivity (Wildman–Crippen MR) is 55.6 cm³/mol. The summed E-state index contributed by atoms with van der Waals surface area (Å²) >= 11 is 1.72. The van der Waals surface area contributed by atoms with Gasteiger partial charge in [0.25, 0.3) is 0 Å². The molecule has 0 aromatic carbocycles. The van der Waals surface area contributed by atoms with Crippen molar-refractivity contribution in [1.29, 1.82) is 0 Å². The molecule has 0 saturated carbocycles. The molecule has 13 heavy (non-hydrogen) atoms. The molecule has 1 aliphatic rings. The summed E-state index contributed by atoms with van der Waals surface area (Å²) in [5, 5.41) is 0. The number of rotatable bonds is 1. The molecule has 0 aliphatic carbocycles. The summed E-state index contributed by atoms with van der Waals surface area (Å²) in [5.41, 5.74) is 1.25. The Morgan fingerprint density at radius 1 is 1.69 bits per heavy atom. The summed E-state index contributed by atoms with van der Waals surface area (Å²) in [6.45, 7) is 3.34. The van der Waals surface area contributed by atoms with Gasteiger partial charge >= 0.3 is 0 Å². The number of hydrogen-bond donors (Lipinski definition) is 1. The zero-order valence-corrected chi connectivity index (χ0v) is 8.60. The molecule has 0 radical (unpaired) electrons. The molecule has 0 bridgehead atoms. The Labute approximate surface area is 83.3 Å². The van der Waals surface area contributed by atoms with Crippen LogP contribution in [-0.2, 0) is 6.42 Å². The molecule has 1 unspecified atom stereocenters. The third kappa shape index (κ3) is 2.03. The molecule has 1 N–H and O–H groups in total. The maximum atomic E-state index is 4.42. The summed E-state index contributed by atoms with van der Waals surface area (Å²) < 4.78 is 3.38. The quantitative estimate of drug-likeness (QED) is 0.694. The second kappa shape index (κ2) is 4.11. The lowest BCUT2D eigenvalue weighted by molar-refractivity contribution is 0.502. The van der Waals surface area contributed by atoms with E-state index < -0.39 is 0 Å². The fourth-order valence-electron chi connectivity index (χ4n) is 1.54. The lowest BCUT2D eigenvalue weighted by atomic mass is 10.0. The monoisotopic (exact) mass is 194 g/mol. The van der Waals surface area contributed by atoms with Crippen LogP contribution in [0.25, 0.3) is 0 Å². The lowest BCUT2D eigenvalue weighted by Crippen LogP contribution is -2.15. The van der Waals surface area contributed by atoms with Crippen molar-refractivity contribution < 1.29 is 0 Å². The van der Waals surface area contributed by atoms with E-state index in [0.717, 1.165) is 18.9 Å². The topological polar surface area (TPSA) is 24.9 Å². The summed E-state index contributed by atoms with van der Waals surface area (Å²) in [7, 11) is 0. The van der Waals surface area contributed by atoms with Crippen LogP contribution in [0.2, 0.25) is 0 Å². The third-order valence-electron chi connectivity index (χ3n) is 2.46.